The van der Waals surface area contributed by atoms with Crippen LogP contribution in [0.4, 0.5) is 0 Å². The van der Waals surface area contributed by atoms with E-state index in [2.05, 4.69) is 16.6 Å². The molecule has 0 aliphatic heterocycles. The Hall–Kier alpha value is -4.06. The van der Waals surface area contributed by atoms with Crippen molar-refractivity contribution >= 4 is 45.1 Å². The van der Waals surface area contributed by atoms with Crippen LogP contribution in [-0.4, -0.2) is 27.8 Å². The van der Waals surface area contributed by atoms with E-state index in [1.165, 1.54) is 6.92 Å². The van der Waals surface area contributed by atoms with Gasteiger partial charge in [0.2, 0.25) is 5.78 Å². The summed E-state index contributed by atoms with van der Waals surface area (Å²) in [6.45, 7) is 7.92. The summed E-state index contributed by atoms with van der Waals surface area (Å²) < 4.78 is 2.17. The molecule has 1 heterocycles. The van der Waals surface area contributed by atoms with Crippen LogP contribution in [0.25, 0.3) is 21.8 Å². The second-order valence-corrected chi connectivity index (χ2v) is 8.55. The zero-order chi connectivity index (χ0) is 25.1. The molecule has 0 unspecified atom stereocenters. The molecular formula is C29H28N2O4. The third kappa shape index (κ3) is 4.64. The fraction of sp³-hybridized carbons (Fsp3) is 0.241. The van der Waals surface area contributed by atoms with Crippen LogP contribution in [-0.2, 0) is 16.2 Å². The number of hydrogen-bond acceptors (Lipinski definition) is 5. The Kier molecular flexibility index (Phi) is 6.92. The van der Waals surface area contributed by atoms with Gasteiger partial charge in [-0.3, -0.25) is 9.59 Å². The van der Waals surface area contributed by atoms with E-state index in [0.29, 0.717) is 29.5 Å². The molecule has 0 radical (unpaired) electrons. The highest BCUT2D eigenvalue weighted by Crippen LogP contribution is 2.32. The number of oxime groups is 1. The van der Waals surface area contributed by atoms with E-state index in [-0.39, 0.29) is 17.3 Å². The van der Waals surface area contributed by atoms with E-state index in [4.69, 9.17) is 4.84 Å². The normalized spacial score (nSPS) is 11.7. The van der Waals surface area contributed by atoms with E-state index in [9.17, 15) is 14.4 Å². The van der Waals surface area contributed by atoms with Gasteiger partial charge in [-0.1, -0.05) is 42.8 Å². The number of Topliss-reactive ketones (excluding diaryl/α,β-unsaturated/α-hetero) is 1. The number of aryl methyl sites for hydroxylation is 2. The molecule has 0 amide bonds. The predicted octanol–water partition coefficient (Wildman–Crippen LogP) is 6.26. The maximum atomic E-state index is 13.3. The number of ketones is 2. The standard InChI is InChI=1S/C29H28N2O4/c1-5-9-25(30-35-19(4)32)29(34)21-13-15-27-24(17-21)23-16-20(12-14-26(23)31(27)6-2)28(33)22-11-8-7-10-18(22)3/h7-8,10-17H,5-6,9H2,1-4H3. The maximum Gasteiger partial charge on any atom is 0.331 e. The Morgan fingerprint density at radius 1 is 0.886 bits per heavy atom. The van der Waals surface area contributed by atoms with Crippen molar-refractivity contribution < 1.29 is 19.2 Å². The summed E-state index contributed by atoms with van der Waals surface area (Å²) in [5, 5.41) is 5.59. The number of carbonyl (C=O) groups is 3. The molecule has 0 aliphatic rings. The quantitative estimate of drug-likeness (QED) is 0.132. The predicted molar refractivity (Wildman–Crippen MR) is 138 cm³/mol. The molecule has 0 spiro atoms. The van der Waals surface area contributed by atoms with Crippen LogP contribution in [0.2, 0.25) is 0 Å². The molecule has 0 atom stereocenters. The molecule has 0 fully saturated rings. The largest absolute Gasteiger partial charge is 0.341 e. The highest BCUT2D eigenvalue weighted by atomic mass is 16.7. The number of aromatic nitrogens is 1. The SMILES string of the molecule is CCCC(=NOC(C)=O)C(=O)c1ccc2c(c1)c1cc(C(=O)c3ccccc3C)ccc1n2CC. The summed E-state index contributed by atoms with van der Waals surface area (Å²) in [5.74, 6) is -0.883. The number of nitrogens with zero attached hydrogens (tertiary/aromatic N) is 2. The summed E-state index contributed by atoms with van der Waals surface area (Å²) in [6, 6.07) is 18.8. The van der Waals surface area contributed by atoms with Crippen LogP contribution in [0.3, 0.4) is 0 Å². The molecule has 1 aromatic heterocycles. The van der Waals surface area contributed by atoms with Gasteiger partial charge in [-0.05, 0) is 62.2 Å². The molecule has 178 valence electrons. The Morgan fingerprint density at radius 2 is 1.51 bits per heavy atom. The molecule has 0 bridgehead atoms. The number of benzene rings is 3. The first-order valence-corrected chi connectivity index (χ1v) is 11.8. The van der Waals surface area contributed by atoms with Gasteiger partial charge in [-0.2, -0.15) is 0 Å². The molecule has 0 aliphatic carbocycles. The lowest BCUT2D eigenvalue weighted by Crippen LogP contribution is -2.15. The van der Waals surface area contributed by atoms with Crippen LogP contribution < -0.4 is 0 Å². The Labute approximate surface area is 204 Å². The van der Waals surface area contributed by atoms with Crippen molar-refractivity contribution in [2.45, 2.75) is 47.1 Å². The fourth-order valence-corrected chi connectivity index (χ4v) is 4.43. The van der Waals surface area contributed by atoms with E-state index in [1.54, 1.807) is 6.07 Å². The van der Waals surface area contributed by atoms with Crippen LogP contribution in [0.1, 0.15) is 65.5 Å². The zero-order valence-electron chi connectivity index (χ0n) is 20.4. The minimum Gasteiger partial charge on any atom is -0.341 e. The Bertz CT molecular complexity index is 1490. The number of fused-ring (bicyclic) bond motifs is 3. The molecule has 0 saturated carbocycles. The molecule has 0 N–H and O–H groups in total. The average Bonchev–Trinajstić information content (AvgIpc) is 3.18. The molecule has 3 aromatic carbocycles. The van der Waals surface area contributed by atoms with Gasteiger partial charge >= 0.3 is 5.97 Å². The number of carbonyl (C=O) groups excluding carboxylic acids is 3. The minimum absolute atomic E-state index is 0.0339. The number of hydrogen-bond donors (Lipinski definition) is 0. The van der Waals surface area contributed by atoms with Crippen molar-refractivity contribution in [3.63, 3.8) is 0 Å². The first-order valence-electron chi connectivity index (χ1n) is 11.8. The van der Waals surface area contributed by atoms with Gasteiger partial charge < -0.3 is 9.40 Å². The maximum absolute atomic E-state index is 13.3. The summed E-state index contributed by atoms with van der Waals surface area (Å²) in [6.07, 6.45) is 1.09. The average molecular weight is 469 g/mol. The van der Waals surface area contributed by atoms with E-state index in [1.807, 2.05) is 68.4 Å². The summed E-state index contributed by atoms with van der Waals surface area (Å²) in [4.78, 5) is 42.5. The van der Waals surface area contributed by atoms with Crippen LogP contribution in [0.5, 0.6) is 0 Å². The monoisotopic (exact) mass is 468 g/mol. The number of rotatable bonds is 8. The summed E-state index contributed by atoms with van der Waals surface area (Å²) in [5.41, 5.74) is 4.84. The van der Waals surface area contributed by atoms with Crippen molar-refractivity contribution in [3.05, 3.63) is 82.9 Å². The van der Waals surface area contributed by atoms with Gasteiger partial charge in [-0.25, -0.2) is 4.79 Å². The molecule has 6 heteroatoms. The van der Waals surface area contributed by atoms with Gasteiger partial charge in [0.1, 0.15) is 5.71 Å². The lowest BCUT2D eigenvalue weighted by atomic mass is 9.97. The summed E-state index contributed by atoms with van der Waals surface area (Å²) in [7, 11) is 0. The van der Waals surface area contributed by atoms with E-state index in [0.717, 1.165) is 33.9 Å². The third-order valence-corrected chi connectivity index (χ3v) is 6.13. The third-order valence-electron chi connectivity index (χ3n) is 6.13. The molecule has 4 rings (SSSR count). The van der Waals surface area contributed by atoms with Crippen LogP contribution in [0.15, 0.2) is 65.8 Å². The topological polar surface area (TPSA) is 77.7 Å². The zero-order valence-corrected chi connectivity index (χ0v) is 20.4. The Morgan fingerprint density at radius 3 is 2.11 bits per heavy atom. The first kappa shape index (κ1) is 24.1. The smallest absolute Gasteiger partial charge is 0.331 e. The lowest BCUT2D eigenvalue weighted by Gasteiger charge is -2.06. The van der Waals surface area contributed by atoms with Crippen molar-refractivity contribution in [1.82, 2.24) is 4.57 Å². The van der Waals surface area contributed by atoms with E-state index < -0.39 is 5.97 Å². The highest BCUT2D eigenvalue weighted by molar-refractivity contribution is 6.46. The van der Waals surface area contributed by atoms with Gasteiger partial charge in [-0.15, -0.1) is 0 Å². The second-order valence-electron chi connectivity index (χ2n) is 8.55. The van der Waals surface area contributed by atoms with Gasteiger partial charge in [0.25, 0.3) is 0 Å². The second kappa shape index (κ2) is 10.1. The van der Waals surface area contributed by atoms with Gasteiger partial charge in [0.15, 0.2) is 5.78 Å². The minimum atomic E-state index is -0.571. The van der Waals surface area contributed by atoms with Crippen LogP contribution in [0, 0.1) is 6.92 Å². The molecule has 0 saturated heterocycles. The van der Waals surface area contributed by atoms with Gasteiger partial charge in [0, 0.05) is 52.0 Å². The van der Waals surface area contributed by atoms with E-state index >= 15 is 0 Å². The first-order chi connectivity index (χ1) is 16.8. The van der Waals surface area contributed by atoms with Crippen molar-refractivity contribution in [1.29, 1.82) is 0 Å². The molecule has 4 aromatic rings. The fourth-order valence-electron chi connectivity index (χ4n) is 4.43. The van der Waals surface area contributed by atoms with Crippen molar-refractivity contribution in [2.24, 2.45) is 5.16 Å². The lowest BCUT2D eigenvalue weighted by molar-refractivity contribution is -0.140. The summed E-state index contributed by atoms with van der Waals surface area (Å²) >= 11 is 0. The molecular weight excluding hydrogens is 440 g/mol. The molecule has 6 nitrogen and oxygen atoms in total. The highest BCUT2D eigenvalue weighted by Gasteiger charge is 2.19. The van der Waals surface area contributed by atoms with Gasteiger partial charge in [0.05, 0.1) is 0 Å². The van der Waals surface area contributed by atoms with Crippen molar-refractivity contribution in [2.75, 3.05) is 0 Å². The van der Waals surface area contributed by atoms with Crippen molar-refractivity contribution in [3.8, 4) is 0 Å². The Balaban J connectivity index is 1.85. The molecule has 35 heavy (non-hydrogen) atoms. The van der Waals surface area contributed by atoms with Crippen LogP contribution >= 0.6 is 0 Å².